The Balaban J connectivity index is 2.86. The van der Waals surface area contributed by atoms with Gasteiger partial charge in [-0.1, -0.05) is 18.2 Å². The van der Waals surface area contributed by atoms with Crippen LogP contribution in [0.2, 0.25) is 0 Å². The Hall–Kier alpha value is -1.28. The second-order valence-electron chi connectivity index (χ2n) is 4.65. The van der Waals surface area contributed by atoms with Crippen LogP contribution in [0.1, 0.15) is 25.1 Å². The normalized spacial score (nSPS) is 12.3. The van der Waals surface area contributed by atoms with E-state index in [9.17, 15) is 5.11 Å². The first-order valence-electron chi connectivity index (χ1n) is 5.19. The molecule has 2 rings (SSSR count). The van der Waals surface area contributed by atoms with Gasteiger partial charge in [0.25, 0.3) is 0 Å². The Morgan fingerprint density at radius 2 is 1.93 bits per heavy atom. The van der Waals surface area contributed by atoms with E-state index >= 15 is 0 Å². The predicted molar refractivity (Wildman–Crippen MR) is 62.9 cm³/mol. The standard InChI is InChI=1S/C13H17NO/c1-9-8-10-6-5-7-11(13(2,3)15)12(10)14(9)4/h5-8,15H,1-4H3. The van der Waals surface area contributed by atoms with Gasteiger partial charge in [-0.2, -0.15) is 0 Å². The monoisotopic (exact) mass is 203 g/mol. The van der Waals surface area contributed by atoms with Crippen LogP contribution in [0.25, 0.3) is 10.9 Å². The second-order valence-corrected chi connectivity index (χ2v) is 4.65. The molecule has 15 heavy (non-hydrogen) atoms. The maximum atomic E-state index is 10.1. The summed E-state index contributed by atoms with van der Waals surface area (Å²) in [5.41, 5.74) is 2.53. The van der Waals surface area contributed by atoms with E-state index in [0.29, 0.717) is 0 Å². The topological polar surface area (TPSA) is 25.2 Å². The number of fused-ring (bicyclic) bond motifs is 1. The van der Waals surface area contributed by atoms with E-state index in [1.807, 2.05) is 33.0 Å². The van der Waals surface area contributed by atoms with E-state index in [1.165, 1.54) is 11.1 Å². The van der Waals surface area contributed by atoms with Gasteiger partial charge in [0.05, 0.1) is 11.1 Å². The van der Waals surface area contributed by atoms with E-state index in [-0.39, 0.29) is 0 Å². The number of nitrogens with zero attached hydrogens (tertiary/aromatic N) is 1. The Bertz CT molecular complexity index is 503. The van der Waals surface area contributed by atoms with Gasteiger partial charge in [-0.3, -0.25) is 0 Å². The molecule has 1 heterocycles. The molecule has 0 aliphatic carbocycles. The van der Waals surface area contributed by atoms with E-state index in [2.05, 4.69) is 23.6 Å². The van der Waals surface area contributed by atoms with Crippen molar-refractivity contribution in [3.8, 4) is 0 Å². The molecule has 0 saturated carbocycles. The van der Waals surface area contributed by atoms with Crippen LogP contribution in [-0.4, -0.2) is 9.67 Å². The summed E-state index contributed by atoms with van der Waals surface area (Å²) < 4.78 is 2.13. The lowest BCUT2D eigenvalue weighted by molar-refractivity contribution is 0.0798. The van der Waals surface area contributed by atoms with Crippen LogP contribution in [0.3, 0.4) is 0 Å². The van der Waals surface area contributed by atoms with E-state index in [1.54, 1.807) is 0 Å². The van der Waals surface area contributed by atoms with Crippen LogP contribution in [0.5, 0.6) is 0 Å². The Morgan fingerprint density at radius 1 is 1.27 bits per heavy atom. The third-order valence-electron chi connectivity index (χ3n) is 2.96. The largest absolute Gasteiger partial charge is 0.386 e. The minimum absolute atomic E-state index is 0.794. The fourth-order valence-electron chi connectivity index (χ4n) is 2.04. The molecule has 2 aromatic rings. The summed E-state index contributed by atoms with van der Waals surface area (Å²) in [6, 6.07) is 8.21. The average molecular weight is 203 g/mol. The van der Waals surface area contributed by atoms with Gasteiger partial charge < -0.3 is 9.67 Å². The van der Waals surface area contributed by atoms with Crippen molar-refractivity contribution in [3.63, 3.8) is 0 Å². The van der Waals surface area contributed by atoms with Gasteiger partial charge in [-0.25, -0.2) is 0 Å². The Labute approximate surface area is 90.2 Å². The Kier molecular flexibility index (Phi) is 2.12. The van der Waals surface area contributed by atoms with Crippen LogP contribution in [0.4, 0.5) is 0 Å². The van der Waals surface area contributed by atoms with Crippen molar-refractivity contribution in [1.29, 1.82) is 0 Å². The highest BCUT2D eigenvalue weighted by Crippen LogP contribution is 2.29. The molecule has 1 aromatic heterocycles. The van der Waals surface area contributed by atoms with E-state index < -0.39 is 5.60 Å². The molecule has 0 aliphatic rings. The molecule has 0 spiro atoms. The summed E-state index contributed by atoms with van der Waals surface area (Å²) in [4.78, 5) is 0. The van der Waals surface area contributed by atoms with Gasteiger partial charge >= 0.3 is 0 Å². The van der Waals surface area contributed by atoms with Crippen molar-refractivity contribution in [1.82, 2.24) is 4.57 Å². The summed E-state index contributed by atoms with van der Waals surface area (Å²) in [6.45, 7) is 5.72. The van der Waals surface area contributed by atoms with Gasteiger partial charge in [-0.05, 0) is 26.8 Å². The lowest BCUT2D eigenvalue weighted by atomic mass is 9.96. The number of para-hydroxylation sites is 1. The minimum Gasteiger partial charge on any atom is -0.386 e. The van der Waals surface area contributed by atoms with Crippen LogP contribution >= 0.6 is 0 Å². The zero-order valence-corrected chi connectivity index (χ0v) is 9.70. The maximum absolute atomic E-state index is 10.1. The highest BCUT2D eigenvalue weighted by molar-refractivity contribution is 5.85. The van der Waals surface area contributed by atoms with Gasteiger partial charge in [0.2, 0.25) is 0 Å². The molecule has 1 N–H and O–H groups in total. The minimum atomic E-state index is -0.794. The molecule has 1 aromatic carbocycles. The predicted octanol–water partition coefficient (Wildman–Crippen LogP) is 2.71. The number of aliphatic hydroxyl groups is 1. The van der Waals surface area contributed by atoms with Crippen LogP contribution in [0, 0.1) is 6.92 Å². The maximum Gasteiger partial charge on any atom is 0.0860 e. The van der Waals surface area contributed by atoms with E-state index in [4.69, 9.17) is 0 Å². The molecule has 2 nitrogen and oxygen atoms in total. The van der Waals surface area contributed by atoms with Crippen LogP contribution in [0.15, 0.2) is 24.3 Å². The molecular weight excluding hydrogens is 186 g/mol. The first kappa shape index (κ1) is 10.2. The van der Waals surface area contributed by atoms with Crippen LogP contribution in [-0.2, 0) is 12.6 Å². The highest BCUT2D eigenvalue weighted by Gasteiger charge is 2.20. The highest BCUT2D eigenvalue weighted by atomic mass is 16.3. The molecule has 0 bridgehead atoms. The summed E-state index contributed by atoms with van der Waals surface area (Å²) in [7, 11) is 2.03. The summed E-state index contributed by atoms with van der Waals surface area (Å²) in [5, 5.41) is 11.3. The molecule has 0 atom stereocenters. The first-order valence-corrected chi connectivity index (χ1v) is 5.19. The number of hydrogen-bond acceptors (Lipinski definition) is 1. The third kappa shape index (κ3) is 1.55. The Morgan fingerprint density at radius 3 is 2.53 bits per heavy atom. The van der Waals surface area contributed by atoms with Crippen molar-refractivity contribution in [2.75, 3.05) is 0 Å². The average Bonchev–Trinajstić information content (AvgIpc) is 2.41. The van der Waals surface area contributed by atoms with Crippen molar-refractivity contribution in [3.05, 3.63) is 35.5 Å². The number of benzene rings is 1. The molecule has 0 radical (unpaired) electrons. The molecule has 0 unspecified atom stereocenters. The van der Waals surface area contributed by atoms with Crippen LogP contribution < -0.4 is 0 Å². The van der Waals surface area contributed by atoms with Gasteiger partial charge in [0.15, 0.2) is 0 Å². The number of rotatable bonds is 1. The van der Waals surface area contributed by atoms with Crippen molar-refractivity contribution in [2.45, 2.75) is 26.4 Å². The fraction of sp³-hybridized carbons (Fsp3) is 0.385. The van der Waals surface area contributed by atoms with Crippen molar-refractivity contribution in [2.24, 2.45) is 7.05 Å². The lowest BCUT2D eigenvalue weighted by Gasteiger charge is -2.19. The quantitative estimate of drug-likeness (QED) is 0.757. The number of hydrogen-bond donors (Lipinski definition) is 1. The number of aryl methyl sites for hydroxylation is 2. The third-order valence-corrected chi connectivity index (χ3v) is 2.96. The first-order chi connectivity index (χ1) is 6.91. The SMILES string of the molecule is Cc1cc2cccc(C(C)(C)O)c2n1C. The molecule has 0 aliphatic heterocycles. The van der Waals surface area contributed by atoms with Gasteiger partial charge in [0.1, 0.15) is 0 Å². The summed E-state index contributed by atoms with van der Waals surface area (Å²) in [5.74, 6) is 0. The molecule has 0 saturated heterocycles. The molecular formula is C13H17NO. The zero-order chi connectivity index (χ0) is 11.2. The molecule has 0 amide bonds. The molecule has 2 heteroatoms. The molecule has 80 valence electrons. The lowest BCUT2D eigenvalue weighted by Crippen LogP contribution is -2.16. The summed E-state index contributed by atoms with van der Waals surface area (Å²) in [6.07, 6.45) is 0. The van der Waals surface area contributed by atoms with Gasteiger partial charge in [-0.15, -0.1) is 0 Å². The number of aromatic nitrogens is 1. The fourth-order valence-corrected chi connectivity index (χ4v) is 2.04. The summed E-state index contributed by atoms with van der Waals surface area (Å²) >= 11 is 0. The second kappa shape index (κ2) is 3.11. The molecule has 0 fully saturated rings. The smallest absolute Gasteiger partial charge is 0.0860 e. The van der Waals surface area contributed by atoms with Gasteiger partial charge in [0, 0.05) is 23.7 Å². The van der Waals surface area contributed by atoms with Crippen molar-refractivity contribution >= 4 is 10.9 Å². The van der Waals surface area contributed by atoms with Crippen molar-refractivity contribution < 1.29 is 5.11 Å². The zero-order valence-electron chi connectivity index (χ0n) is 9.70. The van der Waals surface area contributed by atoms with E-state index in [0.717, 1.165) is 11.1 Å².